The van der Waals surface area contributed by atoms with Crippen molar-refractivity contribution in [3.63, 3.8) is 0 Å². The minimum Gasteiger partial charge on any atom is -0.444 e. The van der Waals surface area contributed by atoms with Crippen LogP contribution in [0.15, 0.2) is 18.6 Å². The summed E-state index contributed by atoms with van der Waals surface area (Å²) in [5, 5.41) is 0. The molecule has 2 atom stereocenters. The summed E-state index contributed by atoms with van der Waals surface area (Å²) in [6.07, 6.45) is 6.50. The normalized spacial score (nSPS) is 20.0. The summed E-state index contributed by atoms with van der Waals surface area (Å²) in [7, 11) is 0. The lowest BCUT2D eigenvalue weighted by molar-refractivity contribution is -0.00257. The van der Waals surface area contributed by atoms with E-state index < -0.39 is 5.60 Å². The van der Waals surface area contributed by atoms with Crippen LogP contribution >= 0.6 is 0 Å². The van der Waals surface area contributed by atoms with Gasteiger partial charge in [-0.3, -0.25) is 9.97 Å². The largest absolute Gasteiger partial charge is 0.444 e. The maximum Gasteiger partial charge on any atom is 0.410 e. The van der Waals surface area contributed by atoms with E-state index in [2.05, 4.69) is 9.97 Å². The molecule has 1 aliphatic heterocycles. The van der Waals surface area contributed by atoms with Crippen LogP contribution in [-0.2, 0) is 9.47 Å². The quantitative estimate of drug-likeness (QED) is 0.855. The summed E-state index contributed by atoms with van der Waals surface area (Å²) in [6, 6.07) is 0.0639. The molecule has 0 N–H and O–H groups in total. The van der Waals surface area contributed by atoms with E-state index in [1.54, 1.807) is 23.5 Å². The number of carbonyl (C=O) groups excluding carboxylic acids is 1. The molecule has 1 saturated heterocycles. The Hall–Kier alpha value is -1.69. The Balaban J connectivity index is 1.87. The molecule has 1 amide bonds. The number of ether oxygens (including phenoxy) is 2. The van der Waals surface area contributed by atoms with Crippen molar-refractivity contribution in [2.75, 3.05) is 13.2 Å². The lowest BCUT2D eigenvalue weighted by Crippen LogP contribution is -2.41. The molecule has 2 heterocycles. The van der Waals surface area contributed by atoms with Crippen molar-refractivity contribution in [1.29, 1.82) is 0 Å². The number of nitrogens with zero attached hydrogens (tertiary/aromatic N) is 3. The third-order valence-corrected chi connectivity index (χ3v) is 3.54. The van der Waals surface area contributed by atoms with Crippen LogP contribution in [0.2, 0.25) is 0 Å². The maximum absolute atomic E-state index is 12.2. The zero-order valence-corrected chi connectivity index (χ0v) is 13.8. The second-order valence-corrected chi connectivity index (χ2v) is 6.58. The van der Waals surface area contributed by atoms with Crippen LogP contribution in [-0.4, -0.2) is 45.8 Å². The molecule has 1 fully saturated rings. The third-order valence-electron chi connectivity index (χ3n) is 3.54. The van der Waals surface area contributed by atoms with Crippen LogP contribution in [0.1, 0.15) is 52.3 Å². The van der Waals surface area contributed by atoms with Gasteiger partial charge in [0.05, 0.1) is 30.6 Å². The van der Waals surface area contributed by atoms with Gasteiger partial charge in [-0.25, -0.2) is 4.79 Å². The monoisotopic (exact) mass is 307 g/mol. The molecule has 6 nitrogen and oxygen atoms in total. The van der Waals surface area contributed by atoms with E-state index in [1.165, 1.54) is 0 Å². The zero-order chi connectivity index (χ0) is 16.2. The number of rotatable bonds is 4. The number of carbonyl (C=O) groups is 1. The lowest BCUT2D eigenvalue weighted by atomic mass is 10.2. The van der Waals surface area contributed by atoms with E-state index in [-0.39, 0.29) is 18.2 Å². The Labute approximate surface area is 131 Å². The first-order chi connectivity index (χ1) is 10.4. The first-order valence-corrected chi connectivity index (χ1v) is 7.74. The van der Waals surface area contributed by atoms with Crippen molar-refractivity contribution in [1.82, 2.24) is 14.9 Å². The molecular weight excluding hydrogens is 282 g/mol. The van der Waals surface area contributed by atoms with Crippen molar-refractivity contribution >= 4 is 6.09 Å². The Morgan fingerprint density at radius 2 is 2.23 bits per heavy atom. The van der Waals surface area contributed by atoms with Crippen molar-refractivity contribution in [3.05, 3.63) is 24.3 Å². The van der Waals surface area contributed by atoms with Gasteiger partial charge >= 0.3 is 6.09 Å². The Kier molecular flexibility index (Phi) is 5.34. The van der Waals surface area contributed by atoms with Gasteiger partial charge in [0.1, 0.15) is 5.60 Å². The fourth-order valence-electron chi connectivity index (χ4n) is 2.43. The molecule has 0 aliphatic carbocycles. The minimum absolute atomic E-state index is 0.0639. The minimum atomic E-state index is -0.474. The average Bonchev–Trinajstić information content (AvgIpc) is 2.92. The van der Waals surface area contributed by atoms with Crippen LogP contribution in [0, 0.1) is 0 Å². The Morgan fingerprint density at radius 1 is 1.45 bits per heavy atom. The molecule has 122 valence electrons. The van der Waals surface area contributed by atoms with E-state index in [0.29, 0.717) is 6.61 Å². The molecule has 0 spiro atoms. The van der Waals surface area contributed by atoms with Crippen molar-refractivity contribution in [2.24, 2.45) is 0 Å². The standard InChI is InChI=1S/C16H25N3O3/c1-12(14-10-17-7-8-18-14)21-11-13-6-5-9-19(13)15(20)22-16(2,3)4/h7-8,10,12-13H,5-6,9,11H2,1-4H3/t12-,13-/m0/s1. The molecule has 6 heteroatoms. The van der Waals surface area contributed by atoms with Crippen molar-refractivity contribution < 1.29 is 14.3 Å². The highest BCUT2D eigenvalue weighted by Crippen LogP contribution is 2.23. The van der Waals surface area contributed by atoms with E-state index in [1.807, 2.05) is 27.7 Å². The molecule has 0 radical (unpaired) electrons. The summed E-state index contributed by atoms with van der Waals surface area (Å²) in [6.45, 7) is 8.78. The number of hydrogen-bond acceptors (Lipinski definition) is 5. The van der Waals surface area contributed by atoms with Gasteiger partial charge in [-0.15, -0.1) is 0 Å². The van der Waals surface area contributed by atoms with Gasteiger partial charge in [0.2, 0.25) is 0 Å². The summed E-state index contributed by atoms with van der Waals surface area (Å²) in [5.74, 6) is 0. The number of aromatic nitrogens is 2. The topological polar surface area (TPSA) is 64.5 Å². The number of likely N-dealkylation sites (tertiary alicyclic amines) is 1. The van der Waals surface area contributed by atoms with Crippen LogP contribution in [0.5, 0.6) is 0 Å². The molecule has 1 aromatic rings. The SMILES string of the molecule is C[C@H](OC[C@@H]1CCCN1C(=O)OC(C)(C)C)c1cnccn1. The van der Waals surface area contributed by atoms with E-state index >= 15 is 0 Å². The first-order valence-electron chi connectivity index (χ1n) is 7.74. The van der Waals surface area contributed by atoms with Crippen LogP contribution in [0.25, 0.3) is 0 Å². The molecule has 0 bridgehead atoms. The average molecular weight is 307 g/mol. The second-order valence-electron chi connectivity index (χ2n) is 6.58. The molecule has 0 unspecified atom stereocenters. The molecule has 0 saturated carbocycles. The van der Waals surface area contributed by atoms with Crippen molar-refractivity contribution in [3.8, 4) is 0 Å². The van der Waals surface area contributed by atoms with Crippen LogP contribution in [0.4, 0.5) is 4.79 Å². The summed E-state index contributed by atoms with van der Waals surface area (Å²) >= 11 is 0. The van der Waals surface area contributed by atoms with Gasteiger partial charge in [0.25, 0.3) is 0 Å². The lowest BCUT2D eigenvalue weighted by Gasteiger charge is -2.29. The molecule has 22 heavy (non-hydrogen) atoms. The molecule has 2 rings (SSSR count). The Morgan fingerprint density at radius 3 is 2.86 bits per heavy atom. The summed E-state index contributed by atoms with van der Waals surface area (Å²) in [5.41, 5.74) is 0.321. The molecule has 1 aromatic heterocycles. The highest BCUT2D eigenvalue weighted by atomic mass is 16.6. The second kappa shape index (κ2) is 7.05. The highest BCUT2D eigenvalue weighted by molar-refractivity contribution is 5.68. The predicted octanol–water partition coefficient (Wildman–Crippen LogP) is 2.95. The zero-order valence-electron chi connectivity index (χ0n) is 13.8. The van der Waals surface area contributed by atoms with Gasteiger partial charge < -0.3 is 14.4 Å². The fourth-order valence-corrected chi connectivity index (χ4v) is 2.43. The smallest absolute Gasteiger partial charge is 0.410 e. The van der Waals surface area contributed by atoms with Crippen molar-refractivity contribution in [2.45, 2.75) is 58.3 Å². The van der Waals surface area contributed by atoms with Crippen LogP contribution in [0.3, 0.4) is 0 Å². The van der Waals surface area contributed by atoms with E-state index in [0.717, 1.165) is 25.1 Å². The maximum atomic E-state index is 12.2. The van der Waals surface area contributed by atoms with Gasteiger partial charge in [-0.05, 0) is 40.5 Å². The summed E-state index contributed by atoms with van der Waals surface area (Å²) < 4.78 is 11.3. The van der Waals surface area contributed by atoms with E-state index in [9.17, 15) is 4.79 Å². The molecule has 0 aromatic carbocycles. The number of hydrogen-bond donors (Lipinski definition) is 0. The molecular formula is C16H25N3O3. The number of amides is 1. The summed E-state index contributed by atoms with van der Waals surface area (Å²) in [4.78, 5) is 22.3. The Bertz CT molecular complexity index is 487. The highest BCUT2D eigenvalue weighted by Gasteiger charge is 2.32. The third kappa shape index (κ3) is 4.66. The van der Waals surface area contributed by atoms with Crippen LogP contribution < -0.4 is 0 Å². The van der Waals surface area contributed by atoms with E-state index in [4.69, 9.17) is 9.47 Å². The van der Waals surface area contributed by atoms with Gasteiger partial charge in [0.15, 0.2) is 0 Å². The predicted molar refractivity (Wildman–Crippen MR) is 82.4 cm³/mol. The van der Waals surface area contributed by atoms with Gasteiger partial charge in [0, 0.05) is 18.9 Å². The van der Waals surface area contributed by atoms with Gasteiger partial charge in [-0.1, -0.05) is 0 Å². The van der Waals surface area contributed by atoms with Gasteiger partial charge in [-0.2, -0.15) is 0 Å². The molecule has 1 aliphatic rings. The first kappa shape index (κ1) is 16.7. The fraction of sp³-hybridized carbons (Fsp3) is 0.688.